The first-order valence-corrected chi connectivity index (χ1v) is 8.99. The van der Waals surface area contributed by atoms with Crippen molar-refractivity contribution in [2.75, 3.05) is 18.5 Å². The van der Waals surface area contributed by atoms with Gasteiger partial charge in [-0.25, -0.2) is 0 Å². The van der Waals surface area contributed by atoms with Crippen molar-refractivity contribution >= 4 is 27.5 Å². The highest BCUT2D eigenvalue weighted by atomic mass is 79.9. The van der Waals surface area contributed by atoms with Gasteiger partial charge in [0.25, 0.3) is 5.91 Å². The lowest BCUT2D eigenvalue weighted by Crippen LogP contribution is -2.20. The highest BCUT2D eigenvalue weighted by molar-refractivity contribution is 9.10. The van der Waals surface area contributed by atoms with Gasteiger partial charge in [0.05, 0.1) is 12.3 Å². The van der Waals surface area contributed by atoms with Gasteiger partial charge in [0.2, 0.25) is 0 Å². The number of nitrogens with one attached hydrogen (secondary N) is 1. The topological polar surface area (TPSA) is 56.8 Å². The van der Waals surface area contributed by atoms with E-state index < -0.39 is 0 Å². The molecule has 0 spiro atoms. The van der Waals surface area contributed by atoms with Crippen LogP contribution in [0.1, 0.15) is 19.4 Å². The van der Waals surface area contributed by atoms with Crippen molar-refractivity contribution in [3.63, 3.8) is 0 Å². The van der Waals surface area contributed by atoms with Gasteiger partial charge in [-0.05, 0) is 38.1 Å². The summed E-state index contributed by atoms with van der Waals surface area (Å²) in [5.41, 5.74) is 1.69. The number of benzene rings is 2. The Balaban J connectivity index is 1.69. The minimum absolute atomic E-state index is 0.0869. The van der Waals surface area contributed by atoms with E-state index in [2.05, 4.69) is 21.2 Å². The Kier molecular flexibility index (Phi) is 5.48. The van der Waals surface area contributed by atoms with Gasteiger partial charge in [-0.2, -0.15) is 0 Å². The van der Waals surface area contributed by atoms with Gasteiger partial charge in [-0.3, -0.25) is 4.79 Å². The number of carbonyl (C=O) groups is 1. The number of fused-ring (bicyclic) bond motifs is 1. The summed E-state index contributed by atoms with van der Waals surface area (Å²) < 4.78 is 17.8. The second-order valence-corrected chi connectivity index (χ2v) is 6.73. The largest absolute Gasteiger partial charge is 0.492 e. The van der Waals surface area contributed by atoms with E-state index in [0.29, 0.717) is 23.8 Å². The summed E-state index contributed by atoms with van der Waals surface area (Å²) in [4.78, 5) is 12.2. The number of carbonyl (C=O) groups excluding carboxylic acids is 1. The summed E-state index contributed by atoms with van der Waals surface area (Å²) in [6.07, 6.45) is 0.977. The standard InChI is InChI=1S/C19H20BrNO4/c1-3-23-18-8-13-7-12(2)25-17(13)10-16(18)21-19(22)11-24-15-6-4-5-14(20)9-15/h4-6,8-10,12H,3,7,11H2,1-2H3,(H,21,22)/t12-/m1/s1. The quantitative estimate of drug-likeness (QED) is 0.782. The van der Waals surface area contributed by atoms with E-state index in [1.807, 2.05) is 44.2 Å². The smallest absolute Gasteiger partial charge is 0.262 e. The zero-order valence-corrected chi connectivity index (χ0v) is 15.8. The summed E-state index contributed by atoms with van der Waals surface area (Å²) in [6, 6.07) is 11.1. The monoisotopic (exact) mass is 405 g/mol. The van der Waals surface area contributed by atoms with Crippen LogP contribution in [0, 0.1) is 0 Å². The average Bonchev–Trinajstić information content (AvgIpc) is 2.92. The molecule has 5 nitrogen and oxygen atoms in total. The van der Waals surface area contributed by atoms with Crippen LogP contribution in [0.25, 0.3) is 0 Å². The molecule has 0 fully saturated rings. The Bertz CT molecular complexity index is 778. The maximum absolute atomic E-state index is 12.2. The fourth-order valence-electron chi connectivity index (χ4n) is 2.70. The minimum Gasteiger partial charge on any atom is -0.492 e. The number of amides is 1. The fraction of sp³-hybridized carbons (Fsp3) is 0.316. The first-order chi connectivity index (χ1) is 12.0. The molecule has 0 bridgehead atoms. The maximum atomic E-state index is 12.2. The molecule has 0 unspecified atom stereocenters. The molecule has 1 aliphatic heterocycles. The van der Waals surface area contributed by atoms with Crippen LogP contribution in [0.3, 0.4) is 0 Å². The van der Waals surface area contributed by atoms with Crippen molar-refractivity contribution in [1.29, 1.82) is 0 Å². The molecule has 0 saturated heterocycles. The molecule has 0 saturated carbocycles. The van der Waals surface area contributed by atoms with Crippen LogP contribution in [0.4, 0.5) is 5.69 Å². The third-order valence-corrected chi connectivity index (χ3v) is 4.23. The zero-order valence-electron chi connectivity index (χ0n) is 14.2. The molecular formula is C19H20BrNO4. The van der Waals surface area contributed by atoms with Gasteiger partial charge in [0.15, 0.2) is 6.61 Å². The highest BCUT2D eigenvalue weighted by Gasteiger charge is 2.22. The second kappa shape index (κ2) is 7.78. The van der Waals surface area contributed by atoms with Gasteiger partial charge in [0, 0.05) is 22.5 Å². The first-order valence-electron chi connectivity index (χ1n) is 8.19. The lowest BCUT2D eigenvalue weighted by molar-refractivity contribution is -0.118. The summed E-state index contributed by atoms with van der Waals surface area (Å²) in [7, 11) is 0. The van der Waals surface area contributed by atoms with Gasteiger partial charge in [-0.15, -0.1) is 0 Å². The molecule has 132 valence electrons. The minimum atomic E-state index is -0.257. The molecule has 1 atom stereocenters. The lowest BCUT2D eigenvalue weighted by Gasteiger charge is -2.14. The maximum Gasteiger partial charge on any atom is 0.262 e. The van der Waals surface area contributed by atoms with Gasteiger partial charge in [-0.1, -0.05) is 22.0 Å². The Hall–Kier alpha value is -2.21. The Morgan fingerprint density at radius 1 is 1.32 bits per heavy atom. The van der Waals surface area contributed by atoms with Crippen LogP contribution in [0.15, 0.2) is 40.9 Å². The number of rotatable bonds is 6. The molecule has 1 amide bonds. The van der Waals surface area contributed by atoms with Crippen LogP contribution in [0.2, 0.25) is 0 Å². The summed E-state index contributed by atoms with van der Waals surface area (Å²) in [5, 5.41) is 2.84. The molecule has 2 aromatic rings. The average molecular weight is 406 g/mol. The van der Waals surface area contributed by atoms with Crippen molar-refractivity contribution in [1.82, 2.24) is 0 Å². The van der Waals surface area contributed by atoms with Gasteiger partial charge >= 0.3 is 0 Å². The number of hydrogen-bond acceptors (Lipinski definition) is 4. The van der Waals surface area contributed by atoms with Crippen molar-refractivity contribution in [2.24, 2.45) is 0 Å². The molecule has 1 heterocycles. The Morgan fingerprint density at radius 3 is 2.92 bits per heavy atom. The van der Waals surface area contributed by atoms with Crippen molar-refractivity contribution in [3.8, 4) is 17.2 Å². The second-order valence-electron chi connectivity index (χ2n) is 5.82. The predicted octanol–water partition coefficient (Wildman–Crippen LogP) is 4.19. The number of anilines is 1. The van der Waals surface area contributed by atoms with Crippen molar-refractivity contribution in [3.05, 3.63) is 46.4 Å². The van der Waals surface area contributed by atoms with Crippen LogP contribution in [-0.2, 0) is 11.2 Å². The van der Waals surface area contributed by atoms with E-state index in [1.165, 1.54) is 0 Å². The van der Waals surface area contributed by atoms with E-state index in [4.69, 9.17) is 14.2 Å². The van der Waals surface area contributed by atoms with Gasteiger partial charge in [0.1, 0.15) is 23.4 Å². The number of halogens is 1. The Labute approximate surface area is 155 Å². The Morgan fingerprint density at radius 2 is 2.16 bits per heavy atom. The molecule has 1 N–H and O–H groups in total. The predicted molar refractivity (Wildman–Crippen MR) is 99.7 cm³/mol. The van der Waals surface area contributed by atoms with Crippen LogP contribution in [0.5, 0.6) is 17.2 Å². The lowest BCUT2D eigenvalue weighted by atomic mass is 10.1. The van der Waals surface area contributed by atoms with Crippen LogP contribution >= 0.6 is 15.9 Å². The molecule has 3 rings (SSSR count). The first kappa shape index (κ1) is 17.6. The molecule has 1 aliphatic rings. The molecule has 2 aromatic carbocycles. The van der Waals surface area contributed by atoms with Crippen LogP contribution < -0.4 is 19.5 Å². The van der Waals surface area contributed by atoms with Crippen LogP contribution in [-0.4, -0.2) is 25.2 Å². The van der Waals surface area contributed by atoms with Gasteiger partial charge < -0.3 is 19.5 Å². The summed E-state index contributed by atoms with van der Waals surface area (Å²) in [5.74, 6) is 1.81. The molecule has 0 aliphatic carbocycles. The van der Waals surface area contributed by atoms with Crippen molar-refractivity contribution < 1.29 is 19.0 Å². The van der Waals surface area contributed by atoms with Crippen molar-refractivity contribution in [2.45, 2.75) is 26.4 Å². The molecule has 0 aromatic heterocycles. The molecule has 25 heavy (non-hydrogen) atoms. The fourth-order valence-corrected chi connectivity index (χ4v) is 3.08. The SMILES string of the molecule is CCOc1cc2c(cc1NC(=O)COc1cccc(Br)c1)O[C@H](C)C2. The summed E-state index contributed by atoms with van der Waals surface area (Å²) >= 11 is 3.37. The normalized spacial score (nSPS) is 15.2. The zero-order chi connectivity index (χ0) is 17.8. The van der Waals surface area contributed by atoms with E-state index in [0.717, 1.165) is 22.2 Å². The molecule has 6 heteroatoms. The number of hydrogen-bond donors (Lipinski definition) is 1. The van der Waals surface area contributed by atoms with E-state index in [9.17, 15) is 4.79 Å². The number of ether oxygens (including phenoxy) is 3. The third kappa shape index (κ3) is 4.45. The third-order valence-electron chi connectivity index (χ3n) is 3.74. The highest BCUT2D eigenvalue weighted by Crippen LogP contribution is 2.38. The molecule has 0 radical (unpaired) electrons. The summed E-state index contributed by atoms with van der Waals surface area (Å²) in [6.45, 7) is 4.36. The van der Waals surface area contributed by atoms with E-state index >= 15 is 0 Å². The van der Waals surface area contributed by atoms with E-state index in [1.54, 1.807) is 6.07 Å². The molecular weight excluding hydrogens is 386 g/mol. The van der Waals surface area contributed by atoms with E-state index in [-0.39, 0.29) is 18.6 Å².